The van der Waals surface area contributed by atoms with Crippen molar-refractivity contribution in [1.29, 1.82) is 0 Å². The van der Waals surface area contributed by atoms with Gasteiger partial charge in [0.05, 0.1) is 6.61 Å². The summed E-state index contributed by atoms with van der Waals surface area (Å²) in [5.41, 5.74) is 1.64. The minimum atomic E-state index is -0.289. The summed E-state index contributed by atoms with van der Waals surface area (Å²) in [6.45, 7) is 5.68. The fourth-order valence-electron chi connectivity index (χ4n) is 1.48. The molecule has 0 fully saturated rings. The van der Waals surface area contributed by atoms with Gasteiger partial charge in [0.2, 0.25) is 0 Å². The molecule has 0 bridgehead atoms. The van der Waals surface area contributed by atoms with Gasteiger partial charge >= 0.3 is 5.97 Å². The van der Waals surface area contributed by atoms with E-state index in [1.807, 2.05) is 6.07 Å². The number of hydrogen-bond acceptors (Lipinski definition) is 3. The van der Waals surface area contributed by atoms with Crippen LogP contribution in [0.1, 0.15) is 38.3 Å². The number of ether oxygens (including phenoxy) is 1. The monoisotopic (exact) mass is 236 g/mol. The summed E-state index contributed by atoms with van der Waals surface area (Å²) in [5.74, 6) is -0.289. The maximum atomic E-state index is 11.1. The van der Waals surface area contributed by atoms with Gasteiger partial charge in [-0.05, 0) is 32.3 Å². The molecule has 1 aromatic rings. The Balaban J connectivity index is 1.91. The molecule has 4 heteroatoms. The van der Waals surface area contributed by atoms with Crippen LogP contribution >= 0.6 is 0 Å². The van der Waals surface area contributed by atoms with Crippen molar-refractivity contribution >= 4 is 5.97 Å². The topological polar surface area (TPSA) is 55.0 Å². The zero-order valence-electron chi connectivity index (χ0n) is 10.4. The van der Waals surface area contributed by atoms with E-state index >= 15 is 0 Å². The summed E-state index contributed by atoms with van der Waals surface area (Å²) < 4.78 is 5.00. The highest BCUT2D eigenvalue weighted by Gasteiger charge is 2.01. The Morgan fingerprint density at radius 1 is 1.41 bits per heavy atom. The minimum Gasteiger partial charge on any atom is -0.462 e. The Hall–Kier alpha value is -1.58. The highest BCUT2D eigenvalue weighted by atomic mass is 16.5. The Labute approximate surface area is 102 Å². The average Bonchev–Trinajstić information content (AvgIpc) is 2.80. The van der Waals surface area contributed by atoms with Gasteiger partial charge in [0.1, 0.15) is 0 Å². The molecular weight excluding hydrogens is 216 g/mol. The standard InChI is InChI=1S/C13H20N2O2/c1-11(2)13(16)17-10-6-4-3-5-7-12-8-9-14-15-12/h8-9H,1,3-7,10H2,2H3,(H,14,15). The molecule has 0 saturated heterocycles. The first-order valence-electron chi connectivity index (χ1n) is 6.01. The van der Waals surface area contributed by atoms with E-state index in [1.165, 1.54) is 5.69 Å². The number of esters is 1. The molecule has 0 aliphatic rings. The Morgan fingerprint density at radius 3 is 2.82 bits per heavy atom. The maximum absolute atomic E-state index is 11.1. The van der Waals surface area contributed by atoms with E-state index in [9.17, 15) is 4.79 Å². The number of rotatable bonds is 8. The average molecular weight is 236 g/mol. The highest BCUT2D eigenvalue weighted by molar-refractivity contribution is 5.86. The number of carbonyl (C=O) groups is 1. The summed E-state index contributed by atoms with van der Waals surface area (Å²) in [6, 6.07) is 1.99. The number of aromatic nitrogens is 2. The number of nitrogens with one attached hydrogen (secondary N) is 1. The second kappa shape index (κ2) is 7.65. The molecule has 4 nitrogen and oxygen atoms in total. The van der Waals surface area contributed by atoms with E-state index in [1.54, 1.807) is 13.1 Å². The van der Waals surface area contributed by atoms with Gasteiger partial charge < -0.3 is 4.74 Å². The van der Waals surface area contributed by atoms with Crippen LogP contribution in [0, 0.1) is 0 Å². The molecule has 1 heterocycles. The largest absolute Gasteiger partial charge is 0.462 e. The lowest BCUT2D eigenvalue weighted by atomic mass is 10.1. The van der Waals surface area contributed by atoms with Crippen molar-refractivity contribution in [3.63, 3.8) is 0 Å². The zero-order chi connectivity index (χ0) is 12.5. The molecule has 1 rings (SSSR count). The van der Waals surface area contributed by atoms with E-state index in [-0.39, 0.29) is 5.97 Å². The Bertz CT molecular complexity index is 344. The van der Waals surface area contributed by atoms with Gasteiger partial charge in [-0.2, -0.15) is 5.10 Å². The number of aryl methyl sites for hydroxylation is 1. The van der Waals surface area contributed by atoms with Crippen molar-refractivity contribution in [2.45, 2.75) is 39.0 Å². The van der Waals surface area contributed by atoms with Gasteiger partial charge in [0.15, 0.2) is 0 Å². The minimum absolute atomic E-state index is 0.289. The second-order valence-electron chi connectivity index (χ2n) is 4.16. The van der Waals surface area contributed by atoms with Crippen LogP contribution in [0.3, 0.4) is 0 Å². The normalized spacial score (nSPS) is 10.2. The first-order chi connectivity index (χ1) is 8.20. The van der Waals surface area contributed by atoms with Gasteiger partial charge in [-0.1, -0.05) is 19.4 Å². The van der Waals surface area contributed by atoms with Gasteiger partial charge in [-0.3, -0.25) is 5.10 Å². The summed E-state index contributed by atoms with van der Waals surface area (Å²) in [7, 11) is 0. The molecule has 0 radical (unpaired) electrons. The van der Waals surface area contributed by atoms with Gasteiger partial charge in [0, 0.05) is 17.5 Å². The van der Waals surface area contributed by atoms with Crippen molar-refractivity contribution in [3.8, 4) is 0 Å². The van der Waals surface area contributed by atoms with Gasteiger partial charge in [0.25, 0.3) is 0 Å². The number of hydrogen-bond donors (Lipinski definition) is 1. The third-order valence-corrected chi connectivity index (χ3v) is 2.48. The molecule has 0 aromatic carbocycles. The molecule has 94 valence electrons. The second-order valence-corrected chi connectivity index (χ2v) is 4.16. The Kier molecular flexibility index (Phi) is 6.07. The van der Waals surface area contributed by atoms with Crippen molar-refractivity contribution in [2.75, 3.05) is 6.61 Å². The smallest absolute Gasteiger partial charge is 0.333 e. The molecule has 0 amide bonds. The Morgan fingerprint density at radius 2 is 2.18 bits per heavy atom. The molecule has 0 unspecified atom stereocenters. The van der Waals surface area contributed by atoms with Crippen LogP contribution in [0.4, 0.5) is 0 Å². The molecular formula is C13H20N2O2. The van der Waals surface area contributed by atoms with E-state index < -0.39 is 0 Å². The molecule has 1 aromatic heterocycles. The van der Waals surface area contributed by atoms with E-state index in [0.29, 0.717) is 12.2 Å². The predicted molar refractivity (Wildman–Crippen MR) is 66.5 cm³/mol. The van der Waals surface area contributed by atoms with Crippen molar-refractivity contribution in [3.05, 3.63) is 30.1 Å². The molecule has 0 spiro atoms. The van der Waals surface area contributed by atoms with E-state index in [4.69, 9.17) is 4.74 Å². The molecule has 0 aliphatic carbocycles. The molecule has 0 atom stereocenters. The maximum Gasteiger partial charge on any atom is 0.333 e. The number of aromatic amines is 1. The number of unbranched alkanes of at least 4 members (excludes halogenated alkanes) is 3. The zero-order valence-corrected chi connectivity index (χ0v) is 10.4. The van der Waals surface area contributed by atoms with Crippen LogP contribution in [0.2, 0.25) is 0 Å². The number of H-pyrrole nitrogens is 1. The van der Waals surface area contributed by atoms with E-state index in [0.717, 1.165) is 32.1 Å². The number of nitrogens with zero attached hydrogens (tertiary/aromatic N) is 1. The van der Waals surface area contributed by atoms with Crippen LogP contribution in [0.25, 0.3) is 0 Å². The van der Waals surface area contributed by atoms with Gasteiger partial charge in [-0.15, -0.1) is 0 Å². The molecule has 17 heavy (non-hydrogen) atoms. The van der Waals surface area contributed by atoms with Crippen LogP contribution < -0.4 is 0 Å². The predicted octanol–water partition coefficient (Wildman–Crippen LogP) is 2.63. The first kappa shape index (κ1) is 13.5. The number of carbonyl (C=O) groups excluding carboxylic acids is 1. The van der Waals surface area contributed by atoms with E-state index in [2.05, 4.69) is 16.8 Å². The lowest BCUT2D eigenvalue weighted by molar-refractivity contribution is -0.139. The van der Waals surface area contributed by atoms with Crippen molar-refractivity contribution in [1.82, 2.24) is 10.2 Å². The van der Waals surface area contributed by atoms with Crippen molar-refractivity contribution < 1.29 is 9.53 Å². The van der Waals surface area contributed by atoms with Gasteiger partial charge in [-0.25, -0.2) is 4.79 Å². The third-order valence-electron chi connectivity index (χ3n) is 2.48. The molecule has 1 N–H and O–H groups in total. The first-order valence-corrected chi connectivity index (χ1v) is 6.01. The molecule has 0 aliphatic heterocycles. The summed E-state index contributed by atoms with van der Waals surface area (Å²) in [6.07, 6.45) is 7.08. The lowest BCUT2D eigenvalue weighted by Crippen LogP contribution is -2.06. The fraction of sp³-hybridized carbons (Fsp3) is 0.538. The quantitative estimate of drug-likeness (QED) is 0.429. The summed E-state index contributed by atoms with van der Waals surface area (Å²) >= 11 is 0. The van der Waals surface area contributed by atoms with Crippen LogP contribution in [0.15, 0.2) is 24.4 Å². The van der Waals surface area contributed by atoms with Crippen LogP contribution in [-0.2, 0) is 16.0 Å². The van der Waals surface area contributed by atoms with Crippen LogP contribution in [0.5, 0.6) is 0 Å². The third kappa shape index (κ3) is 5.90. The fourth-order valence-corrected chi connectivity index (χ4v) is 1.48. The lowest BCUT2D eigenvalue weighted by Gasteiger charge is -2.03. The van der Waals surface area contributed by atoms with Crippen LogP contribution in [-0.4, -0.2) is 22.8 Å². The van der Waals surface area contributed by atoms with Crippen molar-refractivity contribution in [2.24, 2.45) is 0 Å². The molecule has 0 saturated carbocycles. The SMILES string of the molecule is C=C(C)C(=O)OCCCCCCc1ccn[nH]1. The summed E-state index contributed by atoms with van der Waals surface area (Å²) in [4.78, 5) is 11.1. The summed E-state index contributed by atoms with van der Waals surface area (Å²) in [5, 5.41) is 6.83. The highest BCUT2D eigenvalue weighted by Crippen LogP contribution is 2.05.